The topological polar surface area (TPSA) is 9.23 Å². The van der Waals surface area contributed by atoms with Crippen molar-refractivity contribution in [1.82, 2.24) is 0 Å². The Morgan fingerprint density at radius 2 is 1.60 bits per heavy atom. The Kier molecular flexibility index (Phi) is 5.80. The quantitative estimate of drug-likeness (QED) is 0.466. The molecule has 0 aliphatic heterocycles. The van der Waals surface area contributed by atoms with Crippen LogP contribution in [0.4, 0.5) is 4.39 Å². The number of hydrogen-bond donors (Lipinski definition) is 0. The minimum atomic E-state index is -0.278. The second kappa shape index (κ2) is 7.60. The molecular formula is C16H13Br2FO. The first-order chi connectivity index (χ1) is 9.72. The summed E-state index contributed by atoms with van der Waals surface area (Å²) in [5.41, 5.74) is 1.33. The highest BCUT2D eigenvalue weighted by atomic mass is 79.9. The fraction of sp³-hybridized carbons (Fsp3) is 0.125. The van der Waals surface area contributed by atoms with Gasteiger partial charge in [0.05, 0.1) is 11.1 Å². The van der Waals surface area contributed by atoms with Gasteiger partial charge in [0.1, 0.15) is 11.6 Å². The van der Waals surface area contributed by atoms with Crippen LogP contribution < -0.4 is 4.74 Å². The zero-order chi connectivity index (χ0) is 14.4. The van der Waals surface area contributed by atoms with E-state index in [0.717, 1.165) is 16.6 Å². The lowest BCUT2D eigenvalue weighted by atomic mass is 10.1. The molecule has 0 heterocycles. The van der Waals surface area contributed by atoms with Gasteiger partial charge in [0, 0.05) is 10.9 Å². The van der Waals surface area contributed by atoms with Crippen LogP contribution in [0.1, 0.15) is 11.1 Å². The molecule has 0 spiro atoms. The van der Waals surface area contributed by atoms with Gasteiger partial charge in [-0.2, -0.15) is 0 Å². The summed E-state index contributed by atoms with van der Waals surface area (Å²) >= 11 is 6.62. The largest absolute Gasteiger partial charge is 0.493 e. The molecule has 0 fully saturated rings. The average Bonchev–Trinajstić information content (AvgIpc) is 2.53. The average molecular weight is 400 g/mol. The van der Waals surface area contributed by atoms with E-state index in [1.165, 1.54) is 0 Å². The van der Waals surface area contributed by atoms with Crippen molar-refractivity contribution < 1.29 is 9.13 Å². The standard InChI is InChI=1S/C16H13Br2FO/c17-10-11-20-14-8-6-12(7-9-14)15(18)16(19)13-4-2-1-3-5-13/h1-9H,10-11H2/b16-15-. The Labute approximate surface area is 134 Å². The van der Waals surface area contributed by atoms with Crippen LogP contribution in [0.2, 0.25) is 0 Å². The number of alkyl halides is 1. The van der Waals surface area contributed by atoms with Gasteiger partial charge in [-0.3, -0.25) is 0 Å². The van der Waals surface area contributed by atoms with Crippen LogP contribution in [-0.4, -0.2) is 11.9 Å². The van der Waals surface area contributed by atoms with E-state index in [1.807, 2.05) is 42.5 Å². The summed E-state index contributed by atoms with van der Waals surface area (Å²) < 4.78 is 20.2. The first kappa shape index (κ1) is 15.3. The number of hydrogen-bond acceptors (Lipinski definition) is 1. The molecule has 0 atom stereocenters. The Hall–Kier alpha value is -1.13. The van der Waals surface area contributed by atoms with Crippen LogP contribution in [0, 0.1) is 0 Å². The maximum absolute atomic E-state index is 14.3. The van der Waals surface area contributed by atoms with Crippen LogP contribution in [0.3, 0.4) is 0 Å². The van der Waals surface area contributed by atoms with Crippen molar-refractivity contribution in [3.8, 4) is 5.75 Å². The van der Waals surface area contributed by atoms with Crippen LogP contribution in [0.5, 0.6) is 5.75 Å². The molecule has 0 aliphatic carbocycles. The SMILES string of the molecule is F/C(=C(\Br)c1ccc(OCCBr)cc1)c1ccccc1. The second-order valence-electron chi connectivity index (χ2n) is 4.06. The van der Waals surface area contributed by atoms with Gasteiger partial charge in [0.15, 0.2) is 0 Å². The smallest absolute Gasteiger partial charge is 0.145 e. The molecule has 0 bridgehead atoms. The van der Waals surface area contributed by atoms with Crippen molar-refractivity contribution in [2.45, 2.75) is 0 Å². The van der Waals surface area contributed by atoms with Crippen molar-refractivity contribution >= 4 is 42.2 Å². The van der Waals surface area contributed by atoms with Crippen molar-refractivity contribution in [2.75, 3.05) is 11.9 Å². The highest BCUT2D eigenvalue weighted by Gasteiger charge is 2.08. The molecule has 0 aliphatic rings. The summed E-state index contributed by atoms with van der Waals surface area (Å²) in [6, 6.07) is 16.3. The van der Waals surface area contributed by atoms with E-state index in [9.17, 15) is 4.39 Å². The molecule has 2 aromatic carbocycles. The summed E-state index contributed by atoms with van der Waals surface area (Å²) in [5.74, 6) is 0.494. The number of ether oxygens (including phenoxy) is 1. The lowest BCUT2D eigenvalue weighted by Crippen LogP contribution is -1.97. The summed E-state index contributed by atoms with van der Waals surface area (Å²) in [5, 5.41) is 0.779. The van der Waals surface area contributed by atoms with Gasteiger partial charge >= 0.3 is 0 Å². The third-order valence-corrected chi connectivity index (χ3v) is 3.80. The van der Waals surface area contributed by atoms with Gasteiger partial charge in [0.2, 0.25) is 0 Å². The Bertz CT molecular complexity index is 579. The van der Waals surface area contributed by atoms with Gasteiger partial charge in [-0.25, -0.2) is 4.39 Å². The van der Waals surface area contributed by atoms with Crippen molar-refractivity contribution in [3.05, 3.63) is 65.7 Å². The molecule has 0 aromatic heterocycles. The molecule has 0 saturated heterocycles. The molecule has 0 radical (unpaired) electrons. The number of halogens is 3. The van der Waals surface area contributed by atoms with E-state index >= 15 is 0 Å². The zero-order valence-corrected chi connectivity index (χ0v) is 13.8. The van der Waals surface area contributed by atoms with Gasteiger partial charge < -0.3 is 4.74 Å². The van der Waals surface area contributed by atoms with Crippen LogP contribution in [0.15, 0.2) is 54.6 Å². The molecule has 20 heavy (non-hydrogen) atoms. The van der Waals surface area contributed by atoms with Crippen LogP contribution in [0.25, 0.3) is 10.3 Å². The fourth-order valence-electron chi connectivity index (χ4n) is 1.69. The first-order valence-corrected chi connectivity index (χ1v) is 8.03. The fourth-order valence-corrected chi connectivity index (χ4v) is 2.35. The van der Waals surface area contributed by atoms with E-state index in [2.05, 4.69) is 31.9 Å². The Morgan fingerprint density at radius 3 is 2.20 bits per heavy atom. The van der Waals surface area contributed by atoms with E-state index in [4.69, 9.17) is 4.74 Å². The number of benzene rings is 2. The molecule has 0 amide bonds. The molecule has 104 valence electrons. The molecule has 0 N–H and O–H groups in total. The zero-order valence-electron chi connectivity index (χ0n) is 10.7. The van der Waals surface area contributed by atoms with Gasteiger partial charge in [0.25, 0.3) is 0 Å². The maximum Gasteiger partial charge on any atom is 0.145 e. The van der Waals surface area contributed by atoms with Gasteiger partial charge in [-0.1, -0.05) is 58.4 Å². The lowest BCUT2D eigenvalue weighted by molar-refractivity contribution is 0.345. The highest BCUT2D eigenvalue weighted by Crippen LogP contribution is 2.32. The molecule has 4 heteroatoms. The van der Waals surface area contributed by atoms with Gasteiger partial charge in [-0.15, -0.1) is 0 Å². The third kappa shape index (κ3) is 3.93. The van der Waals surface area contributed by atoms with E-state index in [-0.39, 0.29) is 5.83 Å². The van der Waals surface area contributed by atoms with E-state index in [0.29, 0.717) is 16.7 Å². The molecular weight excluding hydrogens is 387 g/mol. The van der Waals surface area contributed by atoms with E-state index < -0.39 is 0 Å². The summed E-state index contributed by atoms with van der Waals surface area (Å²) in [7, 11) is 0. The minimum Gasteiger partial charge on any atom is -0.493 e. The molecule has 2 rings (SSSR count). The van der Waals surface area contributed by atoms with Crippen molar-refractivity contribution in [3.63, 3.8) is 0 Å². The minimum absolute atomic E-state index is 0.278. The lowest BCUT2D eigenvalue weighted by Gasteiger charge is -2.06. The Morgan fingerprint density at radius 1 is 0.950 bits per heavy atom. The van der Waals surface area contributed by atoms with Crippen molar-refractivity contribution in [2.24, 2.45) is 0 Å². The first-order valence-electron chi connectivity index (χ1n) is 6.12. The summed E-state index contributed by atoms with van der Waals surface area (Å²) in [6.07, 6.45) is 0. The number of rotatable bonds is 5. The normalized spacial score (nSPS) is 11.9. The maximum atomic E-state index is 14.3. The van der Waals surface area contributed by atoms with Crippen LogP contribution >= 0.6 is 31.9 Å². The molecule has 2 aromatic rings. The monoisotopic (exact) mass is 398 g/mol. The second-order valence-corrected chi connectivity index (χ2v) is 5.64. The van der Waals surface area contributed by atoms with Crippen molar-refractivity contribution in [1.29, 1.82) is 0 Å². The third-order valence-electron chi connectivity index (χ3n) is 2.67. The highest BCUT2D eigenvalue weighted by molar-refractivity contribution is 9.15. The predicted molar refractivity (Wildman–Crippen MR) is 89.0 cm³/mol. The van der Waals surface area contributed by atoms with Gasteiger partial charge in [-0.05, 0) is 33.6 Å². The molecule has 1 nitrogen and oxygen atoms in total. The van der Waals surface area contributed by atoms with E-state index in [1.54, 1.807) is 12.1 Å². The predicted octanol–water partition coefficient (Wildman–Crippen LogP) is 5.65. The van der Waals surface area contributed by atoms with Crippen LogP contribution in [-0.2, 0) is 0 Å². The summed E-state index contributed by atoms with van der Waals surface area (Å²) in [6.45, 7) is 0.606. The Balaban J connectivity index is 2.22. The molecule has 0 saturated carbocycles. The molecule has 0 unspecified atom stereocenters. The summed E-state index contributed by atoms with van der Waals surface area (Å²) in [4.78, 5) is 0.